The quantitative estimate of drug-likeness (QED) is 0.298. The molecule has 1 nitrogen and oxygen atoms in total. The predicted molar refractivity (Wildman–Crippen MR) is 121 cm³/mol. The summed E-state index contributed by atoms with van der Waals surface area (Å²) in [4.78, 5) is 0. The number of alkyl halides is 6. The van der Waals surface area contributed by atoms with E-state index < -0.39 is 35.7 Å². The van der Waals surface area contributed by atoms with E-state index in [1.807, 2.05) is 12.1 Å². The van der Waals surface area contributed by atoms with Gasteiger partial charge in [-0.2, -0.15) is 26.3 Å². The van der Waals surface area contributed by atoms with Gasteiger partial charge in [0.25, 0.3) is 0 Å². The molecular weight excluding hydrogens is 454 g/mol. The highest BCUT2D eigenvalue weighted by Crippen LogP contribution is 2.50. The van der Waals surface area contributed by atoms with E-state index >= 15 is 0 Å². The molecule has 7 heteroatoms. The van der Waals surface area contributed by atoms with Gasteiger partial charge in [-0.3, -0.25) is 0 Å². The standard InChI is InChI=1S/C27H34F6O/c1-3-5-19-7-11-21(12-8-19)22-13-9-20(10-14-22)17-18-25(28,29)34-24-16-15-23(6-4-2)26(30,31)27(24,32)33/h9-10,13-16,19,21H,3-8,11-12,17-18H2,1-2H3. The van der Waals surface area contributed by atoms with E-state index in [9.17, 15) is 26.3 Å². The number of hydrogen-bond acceptors (Lipinski definition) is 1. The smallest absolute Gasteiger partial charge is 0.398 e. The summed E-state index contributed by atoms with van der Waals surface area (Å²) in [5.41, 5.74) is 1.02. The summed E-state index contributed by atoms with van der Waals surface area (Å²) in [6, 6.07) is 7.42. The van der Waals surface area contributed by atoms with Gasteiger partial charge in [0.15, 0.2) is 5.76 Å². The first-order valence-electron chi connectivity index (χ1n) is 12.3. The molecule has 0 heterocycles. The van der Waals surface area contributed by atoms with Gasteiger partial charge in [0, 0.05) is 5.57 Å². The van der Waals surface area contributed by atoms with E-state index in [0.29, 0.717) is 17.6 Å². The Labute approximate surface area is 198 Å². The molecule has 0 aliphatic heterocycles. The molecule has 0 N–H and O–H groups in total. The molecule has 0 bridgehead atoms. The summed E-state index contributed by atoms with van der Waals surface area (Å²) in [5.74, 6) is -9.82. The lowest BCUT2D eigenvalue weighted by Crippen LogP contribution is -2.47. The zero-order valence-electron chi connectivity index (χ0n) is 19.9. The molecule has 0 radical (unpaired) electrons. The van der Waals surface area contributed by atoms with Gasteiger partial charge in [0.2, 0.25) is 0 Å². The molecule has 1 fully saturated rings. The van der Waals surface area contributed by atoms with Gasteiger partial charge in [0.1, 0.15) is 0 Å². The van der Waals surface area contributed by atoms with Gasteiger partial charge in [-0.25, -0.2) is 0 Å². The number of rotatable bonds is 10. The van der Waals surface area contributed by atoms with Crippen molar-refractivity contribution in [1.29, 1.82) is 0 Å². The van der Waals surface area contributed by atoms with Crippen LogP contribution in [0.3, 0.4) is 0 Å². The molecule has 1 aromatic rings. The fourth-order valence-corrected chi connectivity index (χ4v) is 5.00. The average molecular weight is 489 g/mol. The average Bonchev–Trinajstić information content (AvgIpc) is 2.79. The lowest BCUT2D eigenvalue weighted by atomic mass is 9.77. The molecular formula is C27H34F6O. The molecule has 1 aromatic carbocycles. The van der Waals surface area contributed by atoms with Crippen molar-refractivity contribution in [3.63, 3.8) is 0 Å². The predicted octanol–water partition coefficient (Wildman–Crippen LogP) is 9.20. The first-order valence-corrected chi connectivity index (χ1v) is 12.3. The van der Waals surface area contributed by atoms with Crippen LogP contribution < -0.4 is 0 Å². The third kappa shape index (κ3) is 6.01. The molecule has 3 rings (SSSR count). The van der Waals surface area contributed by atoms with Gasteiger partial charge in [-0.05, 0) is 67.6 Å². The highest BCUT2D eigenvalue weighted by molar-refractivity contribution is 5.35. The number of halogens is 6. The van der Waals surface area contributed by atoms with E-state index in [4.69, 9.17) is 0 Å². The lowest BCUT2D eigenvalue weighted by molar-refractivity contribution is -0.262. The van der Waals surface area contributed by atoms with E-state index in [1.54, 1.807) is 19.1 Å². The highest BCUT2D eigenvalue weighted by Gasteiger charge is 2.64. The summed E-state index contributed by atoms with van der Waals surface area (Å²) in [6.45, 7) is 3.77. The van der Waals surface area contributed by atoms with Crippen molar-refractivity contribution in [2.24, 2.45) is 5.92 Å². The van der Waals surface area contributed by atoms with E-state index in [1.165, 1.54) is 31.2 Å². The van der Waals surface area contributed by atoms with Crippen molar-refractivity contribution in [2.75, 3.05) is 0 Å². The minimum atomic E-state index is -4.83. The van der Waals surface area contributed by atoms with Crippen LogP contribution in [-0.2, 0) is 11.2 Å². The molecule has 2 aliphatic carbocycles. The third-order valence-electron chi connectivity index (χ3n) is 7.02. The Balaban J connectivity index is 1.58. The second-order valence-electron chi connectivity index (χ2n) is 9.61. The van der Waals surface area contributed by atoms with Crippen LogP contribution in [0.15, 0.2) is 47.7 Å². The van der Waals surface area contributed by atoms with Crippen LogP contribution in [-0.4, -0.2) is 18.0 Å². The molecule has 190 valence electrons. The zero-order valence-corrected chi connectivity index (χ0v) is 19.9. The Morgan fingerprint density at radius 3 is 2.09 bits per heavy atom. The maximum Gasteiger partial charge on any atom is 0.398 e. The third-order valence-corrected chi connectivity index (χ3v) is 7.02. The molecule has 2 aliphatic rings. The number of allylic oxidation sites excluding steroid dienone is 4. The van der Waals surface area contributed by atoms with Gasteiger partial charge in [-0.1, -0.05) is 63.5 Å². The van der Waals surface area contributed by atoms with Crippen LogP contribution in [0.4, 0.5) is 26.3 Å². The summed E-state index contributed by atoms with van der Waals surface area (Å²) >= 11 is 0. The molecule has 0 aromatic heterocycles. The zero-order chi connectivity index (χ0) is 25.0. The normalized spacial score (nSPS) is 24.4. The Morgan fingerprint density at radius 2 is 1.50 bits per heavy atom. The van der Waals surface area contributed by atoms with Crippen LogP contribution in [0.2, 0.25) is 0 Å². The van der Waals surface area contributed by atoms with Gasteiger partial charge < -0.3 is 4.74 Å². The molecule has 0 atom stereocenters. The topological polar surface area (TPSA) is 9.23 Å². The number of aryl methyl sites for hydroxylation is 1. The molecule has 0 unspecified atom stereocenters. The molecule has 0 amide bonds. The lowest BCUT2D eigenvalue weighted by Gasteiger charge is -2.34. The molecule has 1 saturated carbocycles. The minimum absolute atomic E-state index is 0.122. The van der Waals surface area contributed by atoms with Gasteiger partial charge in [0.05, 0.1) is 6.42 Å². The fraction of sp³-hybridized carbons (Fsp3) is 0.630. The number of hydrogen-bond donors (Lipinski definition) is 0. The van der Waals surface area contributed by atoms with Crippen LogP contribution >= 0.6 is 0 Å². The minimum Gasteiger partial charge on any atom is -0.430 e. The summed E-state index contributed by atoms with van der Waals surface area (Å²) in [5, 5.41) is 0. The first kappa shape index (κ1) is 26.7. The highest BCUT2D eigenvalue weighted by atomic mass is 19.3. The van der Waals surface area contributed by atoms with Crippen LogP contribution in [0.25, 0.3) is 0 Å². The van der Waals surface area contributed by atoms with E-state index in [2.05, 4.69) is 11.7 Å². The molecule has 34 heavy (non-hydrogen) atoms. The van der Waals surface area contributed by atoms with Crippen LogP contribution in [0.1, 0.15) is 88.7 Å². The van der Waals surface area contributed by atoms with E-state index in [-0.39, 0.29) is 19.3 Å². The second kappa shape index (κ2) is 10.8. The number of benzene rings is 1. The van der Waals surface area contributed by atoms with E-state index in [0.717, 1.165) is 24.8 Å². The first-order chi connectivity index (χ1) is 16.0. The largest absolute Gasteiger partial charge is 0.430 e. The van der Waals surface area contributed by atoms with Crippen molar-refractivity contribution < 1.29 is 31.1 Å². The van der Waals surface area contributed by atoms with Crippen molar-refractivity contribution in [3.8, 4) is 0 Å². The fourth-order valence-electron chi connectivity index (χ4n) is 5.00. The van der Waals surface area contributed by atoms with Crippen molar-refractivity contribution in [2.45, 2.75) is 102 Å². The number of ether oxygens (including phenoxy) is 1. The van der Waals surface area contributed by atoms with Gasteiger partial charge >= 0.3 is 18.0 Å². The summed E-state index contributed by atoms with van der Waals surface area (Å²) < 4.78 is 89.8. The Bertz CT molecular complexity index is 864. The maximum absolute atomic E-state index is 14.3. The monoisotopic (exact) mass is 488 g/mol. The van der Waals surface area contributed by atoms with Crippen LogP contribution in [0.5, 0.6) is 0 Å². The Hall–Kier alpha value is -1.92. The van der Waals surface area contributed by atoms with Gasteiger partial charge in [-0.15, -0.1) is 0 Å². The molecule has 0 spiro atoms. The second-order valence-corrected chi connectivity index (χ2v) is 9.61. The maximum atomic E-state index is 14.3. The summed E-state index contributed by atoms with van der Waals surface area (Å²) in [6.07, 6.45) is 3.40. The molecule has 0 saturated heterocycles. The SMILES string of the molecule is CCCC1=CC=C(OC(F)(F)CCc2ccc(C3CCC(CCC)CC3)cc2)C(F)(F)C1(F)F. The Morgan fingerprint density at radius 1 is 0.853 bits per heavy atom. The Kier molecular flexibility index (Phi) is 8.46. The van der Waals surface area contributed by atoms with Crippen molar-refractivity contribution in [1.82, 2.24) is 0 Å². The van der Waals surface area contributed by atoms with Crippen molar-refractivity contribution >= 4 is 0 Å². The summed E-state index contributed by atoms with van der Waals surface area (Å²) in [7, 11) is 0. The van der Waals surface area contributed by atoms with Crippen LogP contribution in [0, 0.1) is 5.92 Å². The van der Waals surface area contributed by atoms with Crippen molar-refractivity contribution in [3.05, 3.63) is 58.9 Å².